The standard InChI is InChI=1S/C13H6BrFN2O3/c14-10-5-4-9(6-11(10)15)20-12-3-1-2-8(7-16)13(12)17(18)19/h1-6H. The number of rotatable bonds is 3. The monoisotopic (exact) mass is 336 g/mol. The van der Waals surface area contributed by atoms with E-state index in [4.69, 9.17) is 10.00 Å². The first kappa shape index (κ1) is 14.0. The zero-order valence-electron chi connectivity index (χ0n) is 9.84. The van der Waals surface area contributed by atoms with Gasteiger partial charge in [-0.2, -0.15) is 5.26 Å². The molecule has 0 aromatic heterocycles. The minimum Gasteiger partial charge on any atom is -0.450 e. The van der Waals surface area contributed by atoms with Crippen LogP contribution < -0.4 is 4.74 Å². The minimum atomic E-state index is -0.705. The molecule has 0 N–H and O–H groups in total. The Morgan fingerprint density at radius 2 is 2.10 bits per heavy atom. The van der Waals surface area contributed by atoms with E-state index in [1.54, 1.807) is 6.07 Å². The molecule has 0 aliphatic carbocycles. The van der Waals surface area contributed by atoms with E-state index in [9.17, 15) is 14.5 Å². The third-order valence-electron chi connectivity index (χ3n) is 2.42. The van der Waals surface area contributed by atoms with Crippen molar-refractivity contribution in [3.8, 4) is 17.6 Å². The highest BCUT2D eigenvalue weighted by atomic mass is 79.9. The molecule has 0 saturated heterocycles. The molecular weight excluding hydrogens is 331 g/mol. The maximum Gasteiger partial charge on any atom is 0.329 e. The van der Waals surface area contributed by atoms with Gasteiger partial charge < -0.3 is 4.74 Å². The summed E-state index contributed by atoms with van der Waals surface area (Å²) in [5, 5.41) is 19.9. The Morgan fingerprint density at radius 1 is 1.35 bits per heavy atom. The van der Waals surface area contributed by atoms with Crippen molar-refractivity contribution in [2.75, 3.05) is 0 Å². The first-order chi connectivity index (χ1) is 9.52. The van der Waals surface area contributed by atoms with Gasteiger partial charge in [-0.15, -0.1) is 0 Å². The van der Waals surface area contributed by atoms with Gasteiger partial charge in [0.25, 0.3) is 0 Å². The average molecular weight is 337 g/mol. The number of nitriles is 1. The lowest BCUT2D eigenvalue weighted by Crippen LogP contribution is -1.96. The smallest absolute Gasteiger partial charge is 0.329 e. The molecule has 0 atom stereocenters. The number of benzene rings is 2. The van der Waals surface area contributed by atoms with Crippen molar-refractivity contribution in [1.82, 2.24) is 0 Å². The van der Waals surface area contributed by atoms with Crippen LogP contribution in [0.2, 0.25) is 0 Å². The normalized spacial score (nSPS) is 9.85. The predicted octanol–water partition coefficient (Wildman–Crippen LogP) is 4.16. The van der Waals surface area contributed by atoms with E-state index >= 15 is 0 Å². The van der Waals surface area contributed by atoms with Gasteiger partial charge in [-0.25, -0.2) is 4.39 Å². The van der Waals surface area contributed by atoms with Gasteiger partial charge in [-0.05, 0) is 40.2 Å². The first-order valence-corrected chi connectivity index (χ1v) is 6.12. The number of halogens is 2. The number of para-hydroxylation sites is 1. The van der Waals surface area contributed by atoms with Crippen LogP contribution in [0.4, 0.5) is 10.1 Å². The number of nitrogens with zero attached hydrogens (tertiary/aromatic N) is 2. The molecule has 100 valence electrons. The summed E-state index contributed by atoms with van der Waals surface area (Å²) in [6.45, 7) is 0. The predicted molar refractivity (Wildman–Crippen MR) is 72.0 cm³/mol. The van der Waals surface area contributed by atoms with Crippen LogP contribution in [-0.4, -0.2) is 4.92 Å². The fourth-order valence-corrected chi connectivity index (χ4v) is 1.80. The SMILES string of the molecule is N#Cc1cccc(Oc2ccc(Br)c(F)c2)c1[N+](=O)[O-]. The molecule has 0 amide bonds. The van der Waals surface area contributed by atoms with Crippen molar-refractivity contribution in [2.24, 2.45) is 0 Å². The molecule has 0 spiro atoms. The molecule has 0 aliphatic rings. The fourth-order valence-electron chi connectivity index (χ4n) is 1.55. The highest BCUT2D eigenvalue weighted by Gasteiger charge is 2.21. The quantitative estimate of drug-likeness (QED) is 0.622. The molecule has 0 unspecified atom stereocenters. The van der Waals surface area contributed by atoms with E-state index < -0.39 is 16.4 Å². The van der Waals surface area contributed by atoms with Crippen molar-refractivity contribution in [1.29, 1.82) is 5.26 Å². The summed E-state index contributed by atoms with van der Waals surface area (Å²) >= 11 is 2.99. The van der Waals surface area contributed by atoms with E-state index in [2.05, 4.69) is 15.9 Å². The van der Waals surface area contributed by atoms with Crippen molar-refractivity contribution in [3.63, 3.8) is 0 Å². The summed E-state index contributed by atoms with van der Waals surface area (Å²) in [5.41, 5.74) is -0.566. The summed E-state index contributed by atoms with van der Waals surface area (Å²) in [7, 11) is 0. The second-order valence-electron chi connectivity index (χ2n) is 3.70. The maximum absolute atomic E-state index is 13.4. The topological polar surface area (TPSA) is 76.2 Å². The number of ether oxygens (including phenoxy) is 1. The van der Waals surface area contributed by atoms with Crippen LogP contribution in [0.5, 0.6) is 11.5 Å². The Morgan fingerprint density at radius 3 is 2.70 bits per heavy atom. The Balaban J connectivity index is 2.46. The lowest BCUT2D eigenvalue weighted by atomic mass is 10.2. The van der Waals surface area contributed by atoms with Gasteiger partial charge in [0.15, 0.2) is 0 Å². The minimum absolute atomic E-state index is 0.101. The summed E-state index contributed by atoms with van der Waals surface area (Å²) in [4.78, 5) is 10.3. The zero-order valence-corrected chi connectivity index (χ0v) is 11.4. The van der Waals surface area contributed by atoms with E-state index in [1.807, 2.05) is 0 Å². The number of hydrogen-bond acceptors (Lipinski definition) is 4. The van der Waals surface area contributed by atoms with Gasteiger partial charge in [-0.3, -0.25) is 10.1 Å². The van der Waals surface area contributed by atoms with Crippen LogP contribution in [-0.2, 0) is 0 Å². The molecule has 7 heteroatoms. The van der Waals surface area contributed by atoms with Gasteiger partial charge in [0.05, 0.1) is 9.40 Å². The van der Waals surface area contributed by atoms with Crippen molar-refractivity contribution in [2.45, 2.75) is 0 Å². The molecule has 0 radical (unpaired) electrons. The van der Waals surface area contributed by atoms with Crippen LogP contribution in [0.15, 0.2) is 40.9 Å². The Hall–Kier alpha value is -2.46. The lowest BCUT2D eigenvalue weighted by Gasteiger charge is -2.07. The van der Waals surface area contributed by atoms with Crippen LogP contribution in [0.25, 0.3) is 0 Å². The molecule has 2 aromatic rings. The second-order valence-corrected chi connectivity index (χ2v) is 4.55. The maximum atomic E-state index is 13.4. The molecule has 2 aromatic carbocycles. The summed E-state index contributed by atoms with van der Waals surface area (Å²) in [6.07, 6.45) is 0. The van der Waals surface area contributed by atoms with Crippen molar-refractivity contribution in [3.05, 3.63) is 62.4 Å². The Bertz CT molecular complexity index is 728. The molecular formula is C13H6BrFN2O3. The Kier molecular flexibility index (Phi) is 3.96. The van der Waals surface area contributed by atoms with Crippen molar-refractivity contribution >= 4 is 21.6 Å². The molecule has 0 heterocycles. The van der Waals surface area contributed by atoms with Crippen molar-refractivity contribution < 1.29 is 14.1 Å². The number of nitro benzene ring substituents is 1. The highest BCUT2D eigenvalue weighted by molar-refractivity contribution is 9.10. The molecule has 0 saturated carbocycles. The summed E-state index contributed by atoms with van der Waals surface area (Å²) in [6, 6.07) is 9.80. The van der Waals surface area contributed by atoms with Crippen LogP contribution in [0, 0.1) is 27.3 Å². The van der Waals surface area contributed by atoms with Gasteiger partial charge in [0.1, 0.15) is 23.2 Å². The van der Waals surface area contributed by atoms with E-state index in [0.29, 0.717) is 0 Å². The third kappa shape index (κ3) is 2.75. The van der Waals surface area contributed by atoms with Gasteiger partial charge in [0, 0.05) is 6.07 Å². The molecule has 0 fully saturated rings. The van der Waals surface area contributed by atoms with Gasteiger partial charge >= 0.3 is 5.69 Å². The Labute approximate surface area is 121 Å². The van der Waals surface area contributed by atoms with E-state index in [-0.39, 0.29) is 21.5 Å². The first-order valence-electron chi connectivity index (χ1n) is 5.33. The lowest BCUT2D eigenvalue weighted by molar-refractivity contribution is -0.385. The van der Waals surface area contributed by atoms with Gasteiger partial charge in [-0.1, -0.05) is 6.07 Å². The van der Waals surface area contributed by atoms with E-state index in [0.717, 1.165) is 6.07 Å². The van der Waals surface area contributed by atoms with Crippen LogP contribution >= 0.6 is 15.9 Å². The molecule has 0 bridgehead atoms. The molecule has 5 nitrogen and oxygen atoms in total. The summed E-state index contributed by atoms with van der Waals surface area (Å²) < 4.78 is 18.9. The van der Waals surface area contributed by atoms with Gasteiger partial charge in [0.2, 0.25) is 5.75 Å². The third-order valence-corrected chi connectivity index (χ3v) is 3.06. The van der Waals surface area contributed by atoms with Crippen LogP contribution in [0.1, 0.15) is 5.56 Å². The van der Waals surface area contributed by atoms with Crippen LogP contribution in [0.3, 0.4) is 0 Å². The highest BCUT2D eigenvalue weighted by Crippen LogP contribution is 2.34. The largest absolute Gasteiger partial charge is 0.450 e. The molecule has 20 heavy (non-hydrogen) atoms. The average Bonchev–Trinajstić information content (AvgIpc) is 2.42. The zero-order chi connectivity index (χ0) is 14.7. The number of hydrogen-bond donors (Lipinski definition) is 0. The van der Waals surface area contributed by atoms with E-state index in [1.165, 1.54) is 30.3 Å². The summed E-state index contributed by atoms with van der Waals surface area (Å²) in [5.74, 6) is -0.568. The number of nitro groups is 1. The second kappa shape index (κ2) is 5.67. The molecule has 2 rings (SSSR count). The fraction of sp³-hybridized carbons (Fsp3) is 0. The molecule has 0 aliphatic heterocycles.